The monoisotopic (exact) mass is 522 g/mol. The summed E-state index contributed by atoms with van der Waals surface area (Å²) in [6, 6.07) is 12.7. The van der Waals surface area contributed by atoms with E-state index in [4.69, 9.17) is 17.0 Å². The molecule has 1 unspecified atom stereocenters. The van der Waals surface area contributed by atoms with E-state index < -0.39 is 6.04 Å². The second-order valence-corrected chi connectivity index (χ2v) is 10.1. The zero-order valence-electron chi connectivity index (χ0n) is 22.8. The van der Waals surface area contributed by atoms with Crippen molar-refractivity contribution in [2.24, 2.45) is 0 Å². The van der Waals surface area contributed by atoms with E-state index in [-0.39, 0.29) is 30.4 Å². The highest BCUT2D eigenvalue weighted by Gasteiger charge is 2.34. The number of thiocarbonyl (C=S) groups is 1. The summed E-state index contributed by atoms with van der Waals surface area (Å²) < 4.78 is 5.37. The lowest BCUT2D eigenvalue weighted by Gasteiger charge is -2.37. The number of esters is 1. The molecule has 3 N–H and O–H groups in total. The standard InChI is InChI=1S/C29H38N4O3S/c1-8-33-19(7)24(27(34)36-9-2)25(32-29(33)37)20-12-10-13-21(16-20)30-28(35)31-26-22(17(3)4)14-11-15-23(26)18(5)6/h10-18,25H,8-9H2,1-7H3,(H,32,37)(H2,30,31,35). The van der Waals surface area contributed by atoms with Crippen molar-refractivity contribution in [2.75, 3.05) is 23.8 Å². The summed E-state index contributed by atoms with van der Waals surface area (Å²) in [6.45, 7) is 15.0. The fourth-order valence-electron chi connectivity index (χ4n) is 4.65. The number of amides is 2. The molecule has 1 atom stereocenters. The number of carbonyl (C=O) groups is 2. The summed E-state index contributed by atoms with van der Waals surface area (Å²) in [5.41, 5.74) is 5.70. The number of nitrogens with one attached hydrogen (secondary N) is 3. The Balaban J connectivity index is 1.91. The molecule has 3 rings (SSSR count). The van der Waals surface area contributed by atoms with E-state index in [1.165, 1.54) is 0 Å². The van der Waals surface area contributed by atoms with Gasteiger partial charge < -0.3 is 25.6 Å². The first-order valence-corrected chi connectivity index (χ1v) is 13.3. The van der Waals surface area contributed by atoms with E-state index in [0.29, 0.717) is 22.9 Å². The molecule has 7 nitrogen and oxygen atoms in total. The number of nitrogens with zero attached hydrogens (tertiary/aromatic N) is 1. The maximum absolute atomic E-state index is 13.1. The van der Waals surface area contributed by atoms with Gasteiger partial charge in [-0.2, -0.15) is 0 Å². The highest BCUT2D eigenvalue weighted by Crippen LogP contribution is 2.34. The molecule has 1 aliphatic rings. The molecule has 2 aromatic carbocycles. The van der Waals surface area contributed by atoms with Crippen molar-refractivity contribution in [3.05, 3.63) is 70.4 Å². The fourth-order valence-corrected chi connectivity index (χ4v) is 5.04. The van der Waals surface area contributed by atoms with Crippen LogP contribution in [0.25, 0.3) is 0 Å². The van der Waals surface area contributed by atoms with E-state index in [1.807, 2.05) is 49.1 Å². The molecule has 1 heterocycles. The summed E-state index contributed by atoms with van der Waals surface area (Å²) in [7, 11) is 0. The molecule has 37 heavy (non-hydrogen) atoms. The number of carbonyl (C=O) groups excluding carboxylic acids is 2. The first-order valence-electron chi connectivity index (χ1n) is 12.9. The third-order valence-corrected chi connectivity index (χ3v) is 6.84. The summed E-state index contributed by atoms with van der Waals surface area (Å²) in [5.74, 6) is 0.135. The Kier molecular flexibility index (Phi) is 9.32. The Morgan fingerprint density at radius 1 is 1.03 bits per heavy atom. The Morgan fingerprint density at radius 2 is 1.65 bits per heavy atom. The van der Waals surface area contributed by atoms with Crippen molar-refractivity contribution in [3.8, 4) is 0 Å². The Morgan fingerprint density at radius 3 is 2.22 bits per heavy atom. The second kappa shape index (κ2) is 12.2. The van der Waals surface area contributed by atoms with Gasteiger partial charge in [0.25, 0.3) is 0 Å². The molecular weight excluding hydrogens is 484 g/mol. The first-order chi connectivity index (χ1) is 17.6. The van der Waals surface area contributed by atoms with Crippen molar-refractivity contribution in [2.45, 2.75) is 66.3 Å². The molecule has 0 saturated heterocycles. The minimum atomic E-state index is -0.492. The lowest BCUT2D eigenvalue weighted by Crippen LogP contribution is -2.47. The van der Waals surface area contributed by atoms with E-state index >= 15 is 0 Å². The summed E-state index contributed by atoms with van der Waals surface area (Å²) in [4.78, 5) is 27.9. The zero-order chi connectivity index (χ0) is 27.3. The number of hydrogen-bond acceptors (Lipinski definition) is 4. The predicted molar refractivity (Wildman–Crippen MR) is 154 cm³/mol. The SMILES string of the molecule is CCOC(=O)C1=C(C)N(CC)C(=S)NC1c1cccc(NC(=O)Nc2c(C(C)C)cccc2C(C)C)c1. The molecule has 0 aliphatic carbocycles. The van der Waals surface area contributed by atoms with Crippen molar-refractivity contribution in [1.82, 2.24) is 10.2 Å². The molecule has 1 aliphatic heterocycles. The number of para-hydroxylation sites is 1. The number of benzene rings is 2. The number of urea groups is 1. The van der Waals surface area contributed by atoms with Gasteiger partial charge in [-0.05, 0) is 73.6 Å². The summed E-state index contributed by atoms with van der Waals surface area (Å²) in [6.07, 6.45) is 0. The maximum Gasteiger partial charge on any atom is 0.338 e. The lowest BCUT2D eigenvalue weighted by atomic mass is 9.93. The van der Waals surface area contributed by atoms with E-state index in [1.54, 1.807) is 6.92 Å². The van der Waals surface area contributed by atoms with Crippen molar-refractivity contribution in [3.63, 3.8) is 0 Å². The topological polar surface area (TPSA) is 82.7 Å². The molecule has 0 saturated carbocycles. The van der Waals surface area contributed by atoms with Gasteiger partial charge in [0.05, 0.1) is 18.2 Å². The van der Waals surface area contributed by atoms with Crippen LogP contribution in [0.4, 0.5) is 16.2 Å². The Hall–Kier alpha value is -3.39. The number of hydrogen-bond donors (Lipinski definition) is 3. The zero-order valence-corrected chi connectivity index (χ0v) is 23.6. The van der Waals surface area contributed by atoms with Gasteiger partial charge >= 0.3 is 12.0 Å². The summed E-state index contributed by atoms with van der Waals surface area (Å²) in [5, 5.41) is 9.87. The van der Waals surface area contributed by atoms with Crippen LogP contribution in [0.1, 0.15) is 83.0 Å². The van der Waals surface area contributed by atoms with Gasteiger partial charge in [-0.25, -0.2) is 9.59 Å². The largest absolute Gasteiger partial charge is 0.463 e. The number of ether oxygens (including phenoxy) is 1. The van der Waals surface area contributed by atoms with Crippen molar-refractivity contribution >= 4 is 40.7 Å². The van der Waals surface area contributed by atoms with Crippen molar-refractivity contribution in [1.29, 1.82) is 0 Å². The minimum Gasteiger partial charge on any atom is -0.463 e. The highest BCUT2D eigenvalue weighted by molar-refractivity contribution is 7.80. The third-order valence-electron chi connectivity index (χ3n) is 6.50. The van der Waals surface area contributed by atoms with Crippen molar-refractivity contribution < 1.29 is 14.3 Å². The molecular formula is C29H38N4O3S. The van der Waals surface area contributed by atoms with Crippen LogP contribution in [0.2, 0.25) is 0 Å². The summed E-state index contributed by atoms with van der Waals surface area (Å²) >= 11 is 5.58. The van der Waals surface area contributed by atoms with Gasteiger partial charge in [-0.3, -0.25) is 0 Å². The molecule has 2 amide bonds. The molecule has 0 bridgehead atoms. The van der Waals surface area contributed by atoms with E-state index in [2.05, 4.69) is 55.8 Å². The van der Waals surface area contributed by atoms with Gasteiger partial charge in [0.15, 0.2) is 5.11 Å². The first kappa shape index (κ1) is 28.2. The molecule has 0 spiro atoms. The van der Waals surface area contributed by atoms with Crippen LogP contribution < -0.4 is 16.0 Å². The smallest absolute Gasteiger partial charge is 0.338 e. The highest BCUT2D eigenvalue weighted by atomic mass is 32.1. The second-order valence-electron chi connectivity index (χ2n) is 9.67. The van der Waals surface area contributed by atoms with Crippen LogP contribution in [0.15, 0.2) is 53.7 Å². The van der Waals surface area contributed by atoms with Crippen LogP contribution in [0, 0.1) is 0 Å². The quantitative estimate of drug-likeness (QED) is 0.265. The van der Waals surface area contributed by atoms with Gasteiger partial charge in [0, 0.05) is 23.6 Å². The molecule has 198 valence electrons. The van der Waals surface area contributed by atoms with Gasteiger partial charge in [0.2, 0.25) is 0 Å². The fraction of sp³-hybridized carbons (Fsp3) is 0.414. The van der Waals surface area contributed by atoms with Crippen LogP contribution in [-0.4, -0.2) is 35.2 Å². The average molecular weight is 523 g/mol. The third kappa shape index (κ3) is 6.31. The molecule has 8 heteroatoms. The van der Waals surface area contributed by atoms with Gasteiger partial charge in [-0.1, -0.05) is 58.0 Å². The van der Waals surface area contributed by atoms with E-state index in [0.717, 1.165) is 28.1 Å². The lowest BCUT2D eigenvalue weighted by molar-refractivity contribution is -0.139. The van der Waals surface area contributed by atoms with Crippen LogP contribution >= 0.6 is 12.2 Å². The normalized spacial score (nSPS) is 15.6. The van der Waals surface area contributed by atoms with Crippen LogP contribution in [0.5, 0.6) is 0 Å². The molecule has 0 radical (unpaired) electrons. The Labute approximate surface area is 225 Å². The van der Waals surface area contributed by atoms with Gasteiger partial charge in [0.1, 0.15) is 0 Å². The van der Waals surface area contributed by atoms with E-state index in [9.17, 15) is 9.59 Å². The van der Waals surface area contributed by atoms with Gasteiger partial charge in [-0.15, -0.1) is 0 Å². The molecule has 0 aromatic heterocycles. The number of allylic oxidation sites excluding steroid dienone is 1. The predicted octanol–water partition coefficient (Wildman–Crippen LogP) is 6.67. The molecule has 0 fully saturated rings. The van der Waals surface area contributed by atoms with Crippen LogP contribution in [-0.2, 0) is 9.53 Å². The minimum absolute atomic E-state index is 0.262. The maximum atomic E-state index is 13.1. The number of anilines is 2. The average Bonchev–Trinajstić information content (AvgIpc) is 2.84. The van der Waals surface area contributed by atoms with Crippen LogP contribution in [0.3, 0.4) is 0 Å². The Bertz CT molecular complexity index is 1180. The molecule has 2 aromatic rings. The number of rotatable bonds is 8.